The third-order valence-corrected chi connectivity index (χ3v) is 3.67. The number of ether oxygens (including phenoxy) is 2. The molecule has 5 heteroatoms. The van der Waals surface area contributed by atoms with Crippen LogP contribution in [0.4, 0.5) is 0 Å². The Bertz CT molecular complexity index is 441. The van der Waals surface area contributed by atoms with E-state index in [0.29, 0.717) is 6.54 Å². The molecule has 0 bridgehead atoms. The number of carbonyl (C=O) groups is 1. The second-order valence-corrected chi connectivity index (χ2v) is 5.37. The minimum Gasteiger partial charge on any atom is -0.497 e. The van der Waals surface area contributed by atoms with E-state index in [9.17, 15) is 4.79 Å². The fraction of sp³-hybridized carbons (Fsp3) is 0.562. The Morgan fingerprint density at radius 1 is 1.29 bits per heavy atom. The van der Waals surface area contributed by atoms with Crippen LogP contribution >= 0.6 is 0 Å². The summed E-state index contributed by atoms with van der Waals surface area (Å²) < 4.78 is 10.9. The standard InChI is InChI=1S/C16H24N2O3/c1-12(21-15-5-3-14(20-2)4-6-15)11-18-16(19)13-7-9-17-10-8-13/h3-6,12-13,17H,7-11H2,1-2H3,(H,18,19). The van der Waals surface area contributed by atoms with Gasteiger partial charge in [0.05, 0.1) is 13.7 Å². The highest BCUT2D eigenvalue weighted by Gasteiger charge is 2.21. The van der Waals surface area contributed by atoms with E-state index < -0.39 is 0 Å². The molecule has 1 heterocycles. The Balaban J connectivity index is 1.73. The number of methoxy groups -OCH3 is 1. The van der Waals surface area contributed by atoms with E-state index in [4.69, 9.17) is 9.47 Å². The van der Waals surface area contributed by atoms with Crippen molar-refractivity contribution in [3.8, 4) is 11.5 Å². The van der Waals surface area contributed by atoms with Crippen molar-refractivity contribution in [2.75, 3.05) is 26.7 Å². The second kappa shape index (κ2) is 7.88. The van der Waals surface area contributed by atoms with Crippen molar-refractivity contribution in [3.63, 3.8) is 0 Å². The number of rotatable bonds is 6. The molecule has 0 saturated carbocycles. The molecule has 116 valence electrons. The number of hydrogen-bond donors (Lipinski definition) is 2. The highest BCUT2D eigenvalue weighted by Crippen LogP contribution is 2.18. The van der Waals surface area contributed by atoms with Crippen molar-refractivity contribution in [1.82, 2.24) is 10.6 Å². The van der Waals surface area contributed by atoms with Gasteiger partial charge in [0, 0.05) is 5.92 Å². The van der Waals surface area contributed by atoms with Crippen molar-refractivity contribution >= 4 is 5.91 Å². The third kappa shape index (κ3) is 4.93. The average Bonchev–Trinajstić information content (AvgIpc) is 2.54. The highest BCUT2D eigenvalue weighted by atomic mass is 16.5. The molecule has 1 unspecified atom stereocenters. The molecule has 1 aromatic rings. The van der Waals surface area contributed by atoms with Gasteiger partial charge in [-0.2, -0.15) is 0 Å². The molecule has 1 aromatic carbocycles. The number of benzene rings is 1. The van der Waals surface area contributed by atoms with Gasteiger partial charge in [0.25, 0.3) is 0 Å². The number of piperidine rings is 1. The molecule has 2 N–H and O–H groups in total. The van der Waals surface area contributed by atoms with Crippen LogP contribution in [0.1, 0.15) is 19.8 Å². The Morgan fingerprint density at radius 2 is 1.90 bits per heavy atom. The number of hydrogen-bond acceptors (Lipinski definition) is 4. The summed E-state index contributed by atoms with van der Waals surface area (Å²) in [5, 5.41) is 6.24. The SMILES string of the molecule is COc1ccc(OC(C)CNC(=O)C2CCNCC2)cc1. The summed E-state index contributed by atoms with van der Waals surface area (Å²) in [4.78, 5) is 12.0. The average molecular weight is 292 g/mol. The first-order valence-electron chi connectivity index (χ1n) is 7.48. The maximum atomic E-state index is 12.0. The molecule has 1 saturated heterocycles. The zero-order valence-electron chi connectivity index (χ0n) is 12.7. The van der Waals surface area contributed by atoms with Gasteiger partial charge in [-0.1, -0.05) is 0 Å². The lowest BCUT2D eigenvalue weighted by Gasteiger charge is -2.23. The molecule has 1 atom stereocenters. The minimum atomic E-state index is -0.0657. The Labute approximate surface area is 126 Å². The van der Waals surface area contributed by atoms with Crippen LogP contribution in [0.15, 0.2) is 24.3 Å². The van der Waals surface area contributed by atoms with E-state index in [1.54, 1.807) is 7.11 Å². The van der Waals surface area contributed by atoms with E-state index >= 15 is 0 Å². The molecule has 1 fully saturated rings. The largest absolute Gasteiger partial charge is 0.497 e. The molecule has 21 heavy (non-hydrogen) atoms. The normalized spacial score (nSPS) is 17.0. The van der Waals surface area contributed by atoms with E-state index in [1.165, 1.54) is 0 Å². The van der Waals surface area contributed by atoms with E-state index in [-0.39, 0.29) is 17.9 Å². The van der Waals surface area contributed by atoms with Crippen molar-refractivity contribution in [3.05, 3.63) is 24.3 Å². The number of carbonyl (C=O) groups excluding carboxylic acids is 1. The lowest BCUT2D eigenvalue weighted by atomic mass is 9.97. The zero-order valence-corrected chi connectivity index (χ0v) is 12.7. The third-order valence-electron chi connectivity index (χ3n) is 3.67. The fourth-order valence-corrected chi connectivity index (χ4v) is 2.40. The Kier molecular flexibility index (Phi) is 5.87. The van der Waals surface area contributed by atoms with Crippen LogP contribution in [0.2, 0.25) is 0 Å². The smallest absolute Gasteiger partial charge is 0.223 e. The summed E-state index contributed by atoms with van der Waals surface area (Å²) in [7, 11) is 1.63. The predicted octanol–water partition coefficient (Wildman–Crippen LogP) is 1.58. The van der Waals surface area contributed by atoms with Gasteiger partial charge in [-0.05, 0) is 57.1 Å². The fourth-order valence-electron chi connectivity index (χ4n) is 2.40. The van der Waals surface area contributed by atoms with Gasteiger partial charge >= 0.3 is 0 Å². The van der Waals surface area contributed by atoms with Crippen LogP contribution in [0.25, 0.3) is 0 Å². The lowest BCUT2D eigenvalue weighted by Crippen LogP contribution is -2.41. The minimum absolute atomic E-state index is 0.0657. The van der Waals surface area contributed by atoms with Crippen LogP contribution in [0, 0.1) is 5.92 Å². The van der Waals surface area contributed by atoms with Gasteiger partial charge in [0.1, 0.15) is 17.6 Å². The Hall–Kier alpha value is -1.75. The van der Waals surface area contributed by atoms with Gasteiger partial charge in [-0.25, -0.2) is 0 Å². The van der Waals surface area contributed by atoms with Crippen LogP contribution in [0.3, 0.4) is 0 Å². The maximum Gasteiger partial charge on any atom is 0.223 e. The number of nitrogens with one attached hydrogen (secondary N) is 2. The van der Waals surface area contributed by atoms with Crippen LogP contribution in [-0.2, 0) is 4.79 Å². The molecular weight excluding hydrogens is 268 g/mol. The van der Waals surface area contributed by atoms with Gasteiger partial charge in [0.2, 0.25) is 5.91 Å². The predicted molar refractivity (Wildman–Crippen MR) is 81.7 cm³/mol. The maximum absolute atomic E-state index is 12.0. The first-order valence-corrected chi connectivity index (χ1v) is 7.48. The monoisotopic (exact) mass is 292 g/mol. The molecule has 1 aliphatic heterocycles. The summed E-state index contributed by atoms with van der Waals surface area (Å²) >= 11 is 0. The lowest BCUT2D eigenvalue weighted by molar-refractivity contribution is -0.126. The molecule has 0 spiro atoms. The van der Waals surface area contributed by atoms with Crippen molar-refractivity contribution in [2.45, 2.75) is 25.9 Å². The van der Waals surface area contributed by atoms with Crippen molar-refractivity contribution in [2.24, 2.45) is 5.92 Å². The van der Waals surface area contributed by atoms with Gasteiger partial charge < -0.3 is 20.1 Å². The molecule has 5 nitrogen and oxygen atoms in total. The van der Waals surface area contributed by atoms with Crippen LogP contribution < -0.4 is 20.1 Å². The Morgan fingerprint density at radius 3 is 2.52 bits per heavy atom. The molecule has 0 aromatic heterocycles. The van der Waals surface area contributed by atoms with Gasteiger partial charge in [0.15, 0.2) is 0 Å². The van der Waals surface area contributed by atoms with E-state index in [0.717, 1.165) is 37.4 Å². The summed E-state index contributed by atoms with van der Waals surface area (Å²) in [6.45, 7) is 4.33. The molecule has 2 rings (SSSR count). The van der Waals surface area contributed by atoms with Crippen LogP contribution in [0.5, 0.6) is 11.5 Å². The second-order valence-electron chi connectivity index (χ2n) is 5.37. The summed E-state index contributed by atoms with van der Waals surface area (Å²) in [6.07, 6.45) is 1.77. The van der Waals surface area contributed by atoms with Gasteiger partial charge in [-0.3, -0.25) is 4.79 Å². The first-order chi connectivity index (χ1) is 10.2. The summed E-state index contributed by atoms with van der Waals surface area (Å²) in [5.41, 5.74) is 0. The molecular formula is C16H24N2O3. The molecule has 1 amide bonds. The van der Waals surface area contributed by atoms with Crippen molar-refractivity contribution in [1.29, 1.82) is 0 Å². The number of amides is 1. The van der Waals surface area contributed by atoms with Crippen LogP contribution in [-0.4, -0.2) is 38.8 Å². The first kappa shape index (κ1) is 15.6. The molecule has 1 aliphatic rings. The topological polar surface area (TPSA) is 59.6 Å². The highest BCUT2D eigenvalue weighted by molar-refractivity contribution is 5.78. The van der Waals surface area contributed by atoms with E-state index in [1.807, 2.05) is 31.2 Å². The molecule has 0 aliphatic carbocycles. The van der Waals surface area contributed by atoms with Crippen molar-refractivity contribution < 1.29 is 14.3 Å². The van der Waals surface area contributed by atoms with E-state index in [2.05, 4.69) is 10.6 Å². The summed E-state index contributed by atoms with van der Waals surface area (Å²) in [5.74, 6) is 1.86. The molecule has 0 radical (unpaired) electrons. The summed E-state index contributed by atoms with van der Waals surface area (Å²) in [6, 6.07) is 7.44. The zero-order chi connectivity index (χ0) is 15.1. The quantitative estimate of drug-likeness (QED) is 0.836. The van der Waals surface area contributed by atoms with Gasteiger partial charge in [-0.15, -0.1) is 0 Å².